The summed E-state index contributed by atoms with van der Waals surface area (Å²) < 4.78 is 62.9. The van der Waals surface area contributed by atoms with Crippen LogP contribution in [0.3, 0.4) is 0 Å². The minimum absolute atomic E-state index is 0.171. The molecule has 1 saturated heterocycles. The first kappa shape index (κ1) is 15.8. The van der Waals surface area contributed by atoms with Crippen LogP contribution in [-0.2, 0) is 20.8 Å². The van der Waals surface area contributed by atoms with Crippen molar-refractivity contribution < 1.29 is 31.5 Å². The maximum atomic E-state index is 12.7. The first-order valence-electron chi connectivity index (χ1n) is 6.01. The summed E-state index contributed by atoms with van der Waals surface area (Å²) in [6, 6.07) is 3.10. The highest BCUT2D eigenvalue weighted by Crippen LogP contribution is 2.35. The van der Waals surface area contributed by atoms with Gasteiger partial charge in [-0.1, -0.05) is 6.07 Å². The molecule has 1 aliphatic rings. The summed E-state index contributed by atoms with van der Waals surface area (Å²) in [6.45, 7) is 0.171. The first-order valence-corrected chi connectivity index (χ1v) is 7.50. The van der Waals surface area contributed by atoms with Crippen molar-refractivity contribution in [2.75, 3.05) is 6.54 Å². The summed E-state index contributed by atoms with van der Waals surface area (Å²) in [5.74, 6) is -1.61. The van der Waals surface area contributed by atoms with E-state index in [1.807, 2.05) is 0 Å². The van der Waals surface area contributed by atoms with Gasteiger partial charge in [-0.3, -0.25) is 5.32 Å². The average molecular weight is 323 g/mol. The summed E-state index contributed by atoms with van der Waals surface area (Å²) in [5.41, 5.74) is -1.14. The molecule has 1 aliphatic heterocycles. The van der Waals surface area contributed by atoms with E-state index >= 15 is 0 Å². The Bertz CT molecular complexity index is 663. The van der Waals surface area contributed by atoms with Crippen LogP contribution in [0.25, 0.3) is 0 Å². The Morgan fingerprint density at radius 3 is 2.48 bits per heavy atom. The van der Waals surface area contributed by atoms with E-state index in [4.69, 9.17) is 0 Å². The molecule has 0 aromatic heterocycles. The number of sulfone groups is 1. The van der Waals surface area contributed by atoms with E-state index in [2.05, 4.69) is 5.32 Å². The predicted octanol–water partition coefficient (Wildman–Crippen LogP) is 1.64. The molecular weight excluding hydrogens is 311 g/mol. The van der Waals surface area contributed by atoms with E-state index in [0.29, 0.717) is 12.5 Å². The molecule has 2 rings (SSSR count). The summed E-state index contributed by atoms with van der Waals surface area (Å²) in [5, 5.41) is 11.6. The molecule has 0 amide bonds. The van der Waals surface area contributed by atoms with Crippen molar-refractivity contribution in [1.82, 2.24) is 5.32 Å². The fourth-order valence-corrected chi connectivity index (χ4v) is 4.16. The Morgan fingerprint density at radius 2 is 2.00 bits per heavy atom. The number of hydrogen-bond acceptors (Lipinski definition) is 4. The van der Waals surface area contributed by atoms with Crippen LogP contribution in [0.4, 0.5) is 13.2 Å². The van der Waals surface area contributed by atoms with Gasteiger partial charge in [0, 0.05) is 0 Å². The molecule has 116 valence electrons. The summed E-state index contributed by atoms with van der Waals surface area (Å²) in [7, 11) is -4.49. The van der Waals surface area contributed by atoms with Gasteiger partial charge in [0.15, 0.2) is 0 Å². The van der Waals surface area contributed by atoms with Crippen molar-refractivity contribution in [2.24, 2.45) is 0 Å². The average Bonchev–Trinajstić information content (AvgIpc) is 2.89. The number of halogens is 3. The molecule has 2 N–H and O–H groups in total. The summed E-state index contributed by atoms with van der Waals surface area (Å²) >= 11 is 0. The van der Waals surface area contributed by atoms with E-state index in [1.165, 1.54) is 0 Å². The second-order valence-corrected chi connectivity index (χ2v) is 6.87. The van der Waals surface area contributed by atoms with Crippen molar-refractivity contribution in [3.05, 3.63) is 29.8 Å². The molecule has 21 heavy (non-hydrogen) atoms. The van der Waals surface area contributed by atoms with Crippen LogP contribution in [0.15, 0.2) is 29.2 Å². The summed E-state index contributed by atoms with van der Waals surface area (Å²) in [4.78, 5) is 8.44. The van der Waals surface area contributed by atoms with Crippen LogP contribution in [0.2, 0.25) is 0 Å². The molecule has 1 heterocycles. The highest BCUT2D eigenvalue weighted by atomic mass is 32.2. The normalized spacial score (nSPS) is 23.2. The molecule has 9 heteroatoms. The van der Waals surface area contributed by atoms with Gasteiger partial charge in [-0.2, -0.15) is 13.2 Å². The number of alkyl halides is 3. The van der Waals surface area contributed by atoms with E-state index in [9.17, 15) is 31.5 Å². The summed E-state index contributed by atoms with van der Waals surface area (Å²) in [6.07, 6.45) is -4.59. The molecule has 0 radical (unpaired) electrons. The molecule has 1 aromatic carbocycles. The topological polar surface area (TPSA) is 83.5 Å². The zero-order valence-electron chi connectivity index (χ0n) is 10.6. The van der Waals surface area contributed by atoms with Crippen LogP contribution in [0.5, 0.6) is 0 Å². The Hall–Kier alpha value is -1.61. The molecule has 0 unspecified atom stereocenters. The lowest BCUT2D eigenvalue weighted by atomic mass is 10.2. The molecule has 0 saturated carbocycles. The van der Waals surface area contributed by atoms with Crippen LogP contribution in [0, 0.1) is 0 Å². The highest BCUT2D eigenvalue weighted by Gasteiger charge is 2.53. The third-order valence-corrected chi connectivity index (χ3v) is 5.71. The number of nitrogens with one attached hydrogen (secondary N) is 1. The maximum absolute atomic E-state index is 12.7. The Balaban J connectivity index is 2.57. The lowest BCUT2D eigenvalue weighted by Crippen LogP contribution is -2.54. The zero-order chi connectivity index (χ0) is 15.9. The molecule has 0 aliphatic carbocycles. The molecule has 0 bridgehead atoms. The first-order chi connectivity index (χ1) is 9.61. The quantitative estimate of drug-likeness (QED) is 0.883. The molecule has 0 spiro atoms. The molecule has 5 nitrogen and oxygen atoms in total. The molecule has 1 aromatic rings. The number of aliphatic carboxylic acids is 1. The highest BCUT2D eigenvalue weighted by molar-refractivity contribution is 7.93. The third kappa shape index (κ3) is 2.51. The lowest BCUT2D eigenvalue weighted by molar-refractivity contribution is -0.140. The Labute approximate surface area is 118 Å². The fraction of sp³-hybridized carbons (Fsp3) is 0.417. The van der Waals surface area contributed by atoms with Gasteiger partial charge in [0.1, 0.15) is 0 Å². The minimum Gasteiger partial charge on any atom is -0.479 e. The van der Waals surface area contributed by atoms with Crippen LogP contribution < -0.4 is 5.32 Å². The minimum atomic E-state index is -4.70. The van der Waals surface area contributed by atoms with Gasteiger partial charge in [0.05, 0.1) is 10.5 Å². The molecule has 1 atom stereocenters. The maximum Gasteiger partial charge on any atom is 0.416 e. The van der Waals surface area contributed by atoms with E-state index in [1.54, 1.807) is 0 Å². The predicted molar refractivity (Wildman–Crippen MR) is 66.2 cm³/mol. The zero-order valence-corrected chi connectivity index (χ0v) is 11.5. The number of carboxylic acids is 1. The van der Waals surface area contributed by atoms with Gasteiger partial charge < -0.3 is 5.11 Å². The van der Waals surface area contributed by atoms with Gasteiger partial charge in [-0.05, 0) is 37.6 Å². The van der Waals surface area contributed by atoms with Crippen molar-refractivity contribution >= 4 is 15.8 Å². The standard InChI is InChI=1S/C12H12F3NO4S/c13-12(14,15)8-3-1-4-9(7-8)21(19,20)11(10(17)18)5-2-6-16-11/h1,3-4,7,16H,2,5-6H2,(H,17,18)/t11-/m0/s1. The number of carboxylic acid groups (broad SMARTS) is 1. The van der Waals surface area contributed by atoms with Gasteiger partial charge in [0.2, 0.25) is 14.7 Å². The van der Waals surface area contributed by atoms with Crippen LogP contribution in [0.1, 0.15) is 18.4 Å². The fourth-order valence-electron chi connectivity index (χ4n) is 2.28. The van der Waals surface area contributed by atoms with E-state index in [-0.39, 0.29) is 13.0 Å². The SMILES string of the molecule is O=C(O)[C@@]1(S(=O)(=O)c2cccc(C(F)(F)F)c2)CCCN1. The third-order valence-electron chi connectivity index (χ3n) is 3.39. The lowest BCUT2D eigenvalue weighted by Gasteiger charge is -2.24. The van der Waals surface area contributed by atoms with Crippen LogP contribution >= 0.6 is 0 Å². The Kier molecular flexibility index (Phi) is 3.75. The number of carbonyl (C=O) groups is 1. The van der Waals surface area contributed by atoms with Gasteiger partial charge in [-0.25, -0.2) is 13.2 Å². The second-order valence-electron chi connectivity index (χ2n) is 4.69. The monoisotopic (exact) mass is 323 g/mol. The van der Waals surface area contributed by atoms with E-state index in [0.717, 1.165) is 18.2 Å². The van der Waals surface area contributed by atoms with E-state index < -0.39 is 37.3 Å². The Morgan fingerprint density at radius 1 is 1.33 bits per heavy atom. The number of benzene rings is 1. The molecule has 1 fully saturated rings. The van der Waals surface area contributed by atoms with Crippen molar-refractivity contribution in [1.29, 1.82) is 0 Å². The van der Waals surface area contributed by atoms with Crippen molar-refractivity contribution in [2.45, 2.75) is 28.8 Å². The van der Waals surface area contributed by atoms with Gasteiger partial charge in [-0.15, -0.1) is 0 Å². The largest absolute Gasteiger partial charge is 0.479 e. The van der Waals surface area contributed by atoms with Crippen molar-refractivity contribution in [3.8, 4) is 0 Å². The number of hydrogen-bond donors (Lipinski definition) is 2. The van der Waals surface area contributed by atoms with Gasteiger partial charge >= 0.3 is 12.1 Å². The second kappa shape index (κ2) is 4.99. The smallest absolute Gasteiger partial charge is 0.416 e. The number of rotatable bonds is 3. The van der Waals surface area contributed by atoms with Crippen LogP contribution in [-0.4, -0.2) is 30.9 Å². The molecular formula is C12H12F3NO4S. The van der Waals surface area contributed by atoms with Gasteiger partial charge in [0.25, 0.3) is 0 Å². The van der Waals surface area contributed by atoms with Crippen molar-refractivity contribution in [3.63, 3.8) is 0 Å².